The molecule has 4 aliphatic rings. The average molecular weight is 453 g/mol. The van der Waals surface area contributed by atoms with Crippen molar-refractivity contribution in [3.05, 3.63) is 29.3 Å². The summed E-state index contributed by atoms with van der Waals surface area (Å²) in [4.78, 5) is 24.4. The largest absolute Gasteiger partial charge is 0.378 e. The Labute approximate surface area is 193 Å². The zero-order valence-corrected chi connectivity index (χ0v) is 19.2. The molecule has 4 heterocycles. The summed E-state index contributed by atoms with van der Waals surface area (Å²) < 4.78 is 5.57. The van der Waals surface area contributed by atoms with E-state index in [1.807, 2.05) is 6.20 Å². The van der Waals surface area contributed by atoms with Crippen molar-refractivity contribution in [2.45, 2.75) is 39.0 Å². The number of nitrogens with one attached hydrogen (secondary N) is 1. The zero-order chi connectivity index (χ0) is 21.7. The molecule has 0 spiro atoms. The minimum atomic E-state index is 0.370. The van der Waals surface area contributed by atoms with Gasteiger partial charge in [-0.2, -0.15) is 0 Å². The summed E-state index contributed by atoms with van der Waals surface area (Å²) in [6.07, 6.45) is 10.0. The molecule has 168 valence electrons. The molecule has 3 aliphatic carbocycles. The Balaban J connectivity index is 1.40. The van der Waals surface area contributed by atoms with Gasteiger partial charge in [0.25, 0.3) is 0 Å². The number of rotatable bonds is 4. The van der Waals surface area contributed by atoms with Crippen molar-refractivity contribution in [1.82, 2.24) is 24.9 Å². The fourth-order valence-electron chi connectivity index (χ4n) is 6.17. The third-order valence-electron chi connectivity index (χ3n) is 7.98. The first-order chi connectivity index (χ1) is 15.7. The van der Waals surface area contributed by atoms with E-state index in [-0.39, 0.29) is 0 Å². The molecule has 0 amide bonds. The number of fused-ring (bicyclic) bond motifs is 4. The molecule has 0 unspecified atom stereocenters. The monoisotopic (exact) mass is 452 g/mol. The Morgan fingerprint density at radius 1 is 1.09 bits per heavy atom. The van der Waals surface area contributed by atoms with E-state index in [0.29, 0.717) is 28.1 Å². The highest BCUT2D eigenvalue weighted by molar-refractivity contribution is 6.29. The number of H-pyrrole nitrogens is 1. The van der Waals surface area contributed by atoms with E-state index in [4.69, 9.17) is 26.3 Å². The van der Waals surface area contributed by atoms with E-state index in [9.17, 15) is 0 Å². The van der Waals surface area contributed by atoms with Crippen molar-refractivity contribution in [3.63, 3.8) is 0 Å². The third kappa shape index (κ3) is 3.65. The summed E-state index contributed by atoms with van der Waals surface area (Å²) in [5.41, 5.74) is 3.40. The number of anilines is 1. The summed E-state index contributed by atoms with van der Waals surface area (Å²) in [7, 11) is 0. The predicted molar refractivity (Wildman–Crippen MR) is 125 cm³/mol. The van der Waals surface area contributed by atoms with Crippen LogP contribution < -0.4 is 4.90 Å². The van der Waals surface area contributed by atoms with Crippen LogP contribution in [0, 0.1) is 23.7 Å². The van der Waals surface area contributed by atoms with Gasteiger partial charge < -0.3 is 14.6 Å². The number of hydrogen-bond donors (Lipinski definition) is 1. The van der Waals surface area contributed by atoms with Gasteiger partial charge in [-0.1, -0.05) is 18.5 Å². The quantitative estimate of drug-likeness (QED) is 0.626. The van der Waals surface area contributed by atoms with Crippen molar-refractivity contribution in [2.24, 2.45) is 23.7 Å². The van der Waals surface area contributed by atoms with Crippen LogP contribution in [0.15, 0.2) is 18.5 Å². The zero-order valence-electron chi connectivity index (χ0n) is 18.4. The molecule has 7 rings (SSSR count). The first-order valence-electron chi connectivity index (χ1n) is 11.9. The topological polar surface area (TPSA) is 79.8 Å². The average Bonchev–Trinajstić information content (AvgIpc) is 3.25. The van der Waals surface area contributed by atoms with Crippen LogP contribution in [0.25, 0.3) is 22.6 Å². The lowest BCUT2D eigenvalue weighted by Crippen LogP contribution is -2.40. The molecule has 2 atom stereocenters. The molecule has 3 saturated carbocycles. The highest BCUT2D eigenvalue weighted by Gasteiger charge is 2.41. The summed E-state index contributed by atoms with van der Waals surface area (Å²) in [5.74, 6) is 4.87. The number of aromatic amines is 1. The van der Waals surface area contributed by atoms with Crippen molar-refractivity contribution in [3.8, 4) is 11.4 Å². The van der Waals surface area contributed by atoms with Crippen LogP contribution in [0.4, 0.5) is 5.82 Å². The smallest absolute Gasteiger partial charge is 0.165 e. The molecular formula is C24H29ClN6O. The van der Waals surface area contributed by atoms with Gasteiger partial charge in [-0.05, 0) is 55.8 Å². The van der Waals surface area contributed by atoms with E-state index in [1.165, 1.54) is 25.7 Å². The lowest BCUT2D eigenvalue weighted by atomic mass is 9.58. The highest BCUT2D eigenvalue weighted by atomic mass is 35.5. The summed E-state index contributed by atoms with van der Waals surface area (Å²) in [5, 5.41) is 0.370. The molecule has 3 aromatic rings. The van der Waals surface area contributed by atoms with Gasteiger partial charge in [0.2, 0.25) is 0 Å². The van der Waals surface area contributed by atoms with Gasteiger partial charge in [-0.25, -0.2) is 19.9 Å². The van der Waals surface area contributed by atoms with Gasteiger partial charge >= 0.3 is 0 Å². The molecule has 1 saturated heterocycles. The molecule has 1 aliphatic heterocycles. The first kappa shape index (κ1) is 20.4. The minimum Gasteiger partial charge on any atom is -0.378 e. The lowest BCUT2D eigenvalue weighted by molar-refractivity contribution is 0.0339. The second kappa shape index (κ2) is 8.27. The summed E-state index contributed by atoms with van der Waals surface area (Å²) >= 11 is 6.15. The normalized spacial score (nSPS) is 27.9. The van der Waals surface area contributed by atoms with Crippen LogP contribution in [0.3, 0.4) is 0 Å². The maximum Gasteiger partial charge on any atom is 0.165 e. The fraction of sp³-hybridized carbons (Fsp3) is 0.583. The summed E-state index contributed by atoms with van der Waals surface area (Å²) in [6.45, 7) is 5.61. The first-order valence-corrected chi connectivity index (χ1v) is 12.2. The molecule has 2 bridgehead atoms. The van der Waals surface area contributed by atoms with Crippen LogP contribution in [0.1, 0.15) is 38.3 Å². The molecule has 3 aromatic heterocycles. The molecule has 7 nitrogen and oxygen atoms in total. The minimum absolute atomic E-state index is 0.370. The van der Waals surface area contributed by atoms with E-state index < -0.39 is 0 Å². The number of aromatic nitrogens is 5. The SMILES string of the molecule is C[C@H]1C2CCC(CC2)[C@@H]1Cc1cc(N2CCOCC2)nc(-c2c[nH]c3ncc(Cl)nc23)n1. The number of hydrogen-bond acceptors (Lipinski definition) is 6. The van der Waals surface area contributed by atoms with Crippen molar-refractivity contribution >= 4 is 28.6 Å². The second-order valence-corrected chi connectivity index (χ2v) is 10.0. The second-order valence-electron chi connectivity index (χ2n) is 9.63. The van der Waals surface area contributed by atoms with Gasteiger partial charge in [0.05, 0.1) is 25.0 Å². The highest BCUT2D eigenvalue weighted by Crippen LogP contribution is 2.49. The van der Waals surface area contributed by atoms with Crippen molar-refractivity contribution < 1.29 is 4.74 Å². The molecule has 8 heteroatoms. The lowest BCUT2D eigenvalue weighted by Gasteiger charge is -2.47. The molecule has 32 heavy (non-hydrogen) atoms. The molecule has 4 fully saturated rings. The van der Waals surface area contributed by atoms with E-state index >= 15 is 0 Å². The van der Waals surface area contributed by atoms with Gasteiger partial charge in [0, 0.05) is 31.0 Å². The molecule has 1 N–H and O–H groups in total. The fourth-order valence-corrected chi connectivity index (χ4v) is 6.31. The Morgan fingerprint density at radius 3 is 2.66 bits per heavy atom. The predicted octanol–water partition coefficient (Wildman–Crippen LogP) is 4.52. The van der Waals surface area contributed by atoms with Crippen LogP contribution in [0.2, 0.25) is 5.15 Å². The Hall–Kier alpha value is -2.25. The van der Waals surface area contributed by atoms with Gasteiger partial charge in [-0.3, -0.25) is 0 Å². The standard InChI is InChI=1S/C24H29ClN6O/c1-14-15-2-4-16(5-3-15)18(14)10-17-11-21(31-6-8-32-9-7-31)30-23(28-17)19-12-26-24-22(19)29-20(25)13-27-24/h11-16,18H,2-10H2,1H3,(H,26,27)/t14-,15?,16?,18+/m0/s1. The molecule has 0 radical (unpaired) electrons. The van der Waals surface area contributed by atoms with Crippen LogP contribution in [0.5, 0.6) is 0 Å². The molecule has 0 aromatic carbocycles. The van der Waals surface area contributed by atoms with Gasteiger partial charge in [0.1, 0.15) is 16.5 Å². The summed E-state index contributed by atoms with van der Waals surface area (Å²) in [6, 6.07) is 2.21. The third-order valence-corrected chi connectivity index (χ3v) is 8.16. The van der Waals surface area contributed by atoms with Gasteiger partial charge in [-0.15, -0.1) is 0 Å². The van der Waals surface area contributed by atoms with Crippen LogP contribution in [-0.2, 0) is 11.2 Å². The van der Waals surface area contributed by atoms with Crippen LogP contribution in [-0.4, -0.2) is 51.2 Å². The number of nitrogens with zero attached hydrogens (tertiary/aromatic N) is 5. The van der Waals surface area contributed by atoms with Gasteiger partial charge in [0.15, 0.2) is 11.5 Å². The maximum absolute atomic E-state index is 6.15. The number of halogens is 1. The Bertz CT molecular complexity index is 1120. The van der Waals surface area contributed by atoms with Crippen molar-refractivity contribution in [2.75, 3.05) is 31.2 Å². The van der Waals surface area contributed by atoms with E-state index in [1.54, 1.807) is 6.20 Å². The van der Waals surface area contributed by atoms with Crippen molar-refractivity contribution in [1.29, 1.82) is 0 Å². The maximum atomic E-state index is 6.15. The Morgan fingerprint density at radius 2 is 1.88 bits per heavy atom. The number of morpholine rings is 1. The van der Waals surface area contributed by atoms with E-state index in [0.717, 1.165) is 67.6 Å². The van der Waals surface area contributed by atoms with Crippen LogP contribution >= 0.6 is 11.6 Å². The Kier molecular flexibility index (Phi) is 5.26. The number of ether oxygens (including phenoxy) is 1. The molecular weight excluding hydrogens is 424 g/mol. The van der Waals surface area contributed by atoms with E-state index in [2.05, 4.69) is 32.8 Å².